The molecule has 112 valence electrons. The van der Waals surface area contributed by atoms with Crippen molar-refractivity contribution in [3.05, 3.63) is 28.2 Å². The SMILES string of the molecule is Cc1ccc(Br)cc1NC(C)CNC(=O)OC(C)(C)C. The maximum Gasteiger partial charge on any atom is 0.407 e. The predicted octanol–water partition coefficient (Wildman–Crippen LogP) is 4.08. The van der Waals surface area contributed by atoms with Gasteiger partial charge in [-0.05, 0) is 52.3 Å². The van der Waals surface area contributed by atoms with Gasteiger partial charge in [-0.2, -0.15) is 0 Å². The summed E-state index contributed by atoms with van der Waals surface area (Å²) in [6, 6.07) is 6.18. The number of benzene rings is 1. The van der Waals surface area contributed by atoms with Crippen molar-refractivity contribution in [2.24, 2.45) is 0 Å². The number of hydrogen-bond acceptors (Lipinski definition) is 3. The number of carbonyl (C=O) groups is 1. The molecule has 0 saturated heterocycles. The molecule has 0 aliphatic heterocycles. The molecule has 0 bridgehead atoms. The van der Waals surface area contributed by atoms with Crippen LogP contribution in [0.4, 0.5) is 10.5 Å². The number of hydrogen-bond donors (Lipinski definition) is 2. The van der Waals surface area contributed by atoms with Crippen LogP contribution in [0.15, 0.2) is 22.7 Å². The van der Waals surface area contributed by atoms with Gasteiger partial charge in [0.15, 0.2) is 0 Å². The molecule has 4 nitrogen and oxygen atoms in total. The van der Waals surface area contributed by atoms with Crippen molar-refractivity contribution in [3.8, 4) is 0 Å². The highest BCUT2D eigenvalue weighted by Gasteiger charge is 2.16. The maximum atomic E-state index is 11.6. The maximum absolute atomic E-state index is 11.6. The molecular weight excluding hydrogens is 320 g/mol. The second-order valence-corrected chi connectivity index (χ2v) is 6.80. The van der Waals surface area contributed by atoms with Gasteiger partial charge in [0.05, 0.1) is 0 Å². The Bertz CT molecular complexity index is 469. The van der Waals surface area contributed by atoms with E-state index in [9.17, 15) is 4.79 Å². The number of amides is 1. The van der Waals surface area contributed by atoms with Crippen LogP contribution < -0.4 is 10.6 Å². The van der Waals surface area contributed by atoms with Crippen LogP contribution in [-0.4, -0.2) is 24.3 Å². The molecule has 0 saturated carbocycles. The van der Waals surface area contributed by atoms with E-state index in [2.05, 4.69) is 26.6 Å². The summed E-state index contributed by atoms with van der Waals surface area (Å²) in [6.45, 7) is 10.1. The van der Waals surface area contributed by atoms with E-state index in [0.717, 1.165) is 15.7 Å². The van der Waals surface area contributed by atoms with Crippen molar-refractivity contribution >= 4 is 27.7 Å². The molecule has 1 aromatic carbocycles. The number of rotatable bonds is 4. The first-order chi connectivity index (χ1) is 9.17. The smallest absolute Gasteiger partial charge is 0.407 e. The fourth-order valence-electron chi connectivity index (χ4n) is 1.62. The number of nitrogens with one attached hydrogen (secondary N) is 2. The lowest BCUT2D eigenvalue weighted by atomic mass is 10.2. The molecule has 0 aliphatic rings. The highest BCUT2D eigenvalue weighted by molar-refractivity contribution is 9.10. The molecule has 1 amide bonds. The number of alkyl carbamates (subject to hydrolysis) is 1. The van der Waals surface area contributed by atoms with Crippen LogP contribution in [0.25, 0.3) is 0 Å². The standard InChI is InChI=1S/C15H23BrN2O2/c1-10-6-7-12(16)8-13(10)18-11(2)9-17-14(19)20-15(3,4)5/h6-8,11,18H,9H2,1-5H3,(H,17,19). The molecule has 0 heterocycles. The molecule has 5 heteroatoms. The fraction of sp³-hybridized carbons (Fsp3) is 0.533. The van der Waals surface area contributed by atoms with Crippen LogP contribution >= 0.6 is 15.9 Å². The summed E-state index contributed by atoms with van der Waals surface area (Å²) >= 11 is 3.45. The van der Waals surface area contributed by atoms with Crippen LogP contribution in [0.5, 0.6) is 0 Å². The van der Waals surface area contributed by atoms with Gasteiger partial charge in [-0.1, -0.05) is 22.0 Å². The van der Waals surface area contributed by atoms with Gasteiger partial charge in [0.2, 0.25) is 0 Å². The highest BCUT2D eigenvalue weighted by atomic mass is 79.9. The Balaban J connectivity index is 2.46. The predicted molar refractivity (Wildman–Crippen MR) is 86.2 cm³/mol. The van der Waals surface area contributed by atoms with E-state index in [-0.39, 0.29) is 6.04 Å². The van der Waals surface area contributed by atoms with Crippen molar-refractivity contribution in [1.82, 2.24) is 5.32 Å². The third-order valence-corrected chi connectivity index (χ3v) is 3.05. The first kappa shape index (κ1) is 16.8. The van der Waals surface area contributed by atoms with Gasteiger partial charge in [0.1, 0.15) is 5.60 Å². The Morgan fingerprint density at radius 1 is 1.40 bits per heavy atom. The van der Waals surface area contributed by atoms with Gasteiger partial charge >= 0.3 is 6.09 Å². The Labute approximate surface area is 129 Å². The van der Waals surface area contributed by atoms with Gasteiger partial charge < -0.3 is 15.4 Å². The molecule has 1 unspecified atom stereocenters. The van der Waals surface area contributed by atoms with Crippen molar-refractivity contribution in [2.45, 2.75) is 46.3 Å². The molecule has 0 radical (unpaired) electrons. The number of ether oxygens (including phenoxy) is 1. The molecule has 0 fully saturated rings. The summed E-state index contributed by atoms with van der Waals surface area (Å²) in [5.74, 6) is 0. The molecule has 0 aliphatic carbocycles. The summed E-state index contributed by atoms with van der Waals surface area (Å²) in [5, 5.41) is 6.13. The summed E-state index contributed by atoms with van der Waals surface area (Å²) in [5.41, 5.74) is 1.75. The van der Waals surface area contributed by atoms with E-state index >= 15 is 0 Å². The first-order valence-electron chi connectivity index (χ1n) is 6.67. The van der Waals surface area contributed by atoms with Gasteiger partial charge in [-0.25, -0.2) is 4.79 Å². The number of anilines is 1. The quantitative estimate of drug-likeness (QED) is 0.866. The molecule has 0 spiro atoms. The molecule has 1 atom stereocenters. The zero-order chi connectivity index (χ0) is 15.3. The average molecular weight is 343 g/mol. The van der Waals surface area contributed by atoms with E-state index < -0.39 is 11.7 Å². The van der Waals surface area contributed by atoms with E-state index in [1.54, 1.807) is 0 Å². The zero-order valence-corrected chi connectivity index (χ0v) is 14.3. The summed E-state index contributed by atoms with van der Waals surface area (Å²) in [7, 11) is 0. The van der Waals surface area contributed by atoms with Gasteiger partial charge in [0, 0.05) is 22.7 Å². The van der Waals surface area contributed by atoms with Crippen molar-refractivity contribution in [3.63, 3.8) is 0 Å². The summed E-state index contributed by atoms with van der Waals surface area (Å²) < 4.78 is 6.22. The minimum atomic E-state index is -0.471. The van der Waals surface area contributed by atoms with Crippen LogP contribution in [-0.2, 0) is 4.74 Å². The minimum absolute atomic E-state index is 0.107. The Kier molecular flexibility index (Phi) is 5.87. The Morgan fingerprint density at radius 2 is 2.05 bits per heavy atom. The molecule has 1 aromatic rings. The second-order valence-electron chi connectivity index (χ2n) is 5.89. The molecule has 0 aromatic heterocycles. The van der Waals surface area contributed by atoms with Crippen LogP contribution in [0.3, 0.4) is 0 Å². The van der Waals surface area contributed by atoms with Crippen LogP contribution in [0.2, 0.25) is 0 Å². The normalized spacial score (nSPS) is 12.7. The molecule has 20 heavy (non-hydrogen) atoms. The fourth-order valence-corrected chi connectivity index (χ4v) is 1.98. The van der Waals surface area contributed by atoms with Crippen molar-refractivity contribution in [1.29, 1.82) is 0 Å². The Hall–Kier alpha value is -1.23. The lowest BCUT2D eigenvalue weighted by molar-refractivity contribution is 0.0526. The first-order valence-corrected chi connectivity index (χ1v) is 7.46. The topological polar surface area (TPSA) is 50.4 Å². The lowest BCUT2D eigenvalue weighted by Crippen LogP contribution is -2.38. The molecule has 2 N–H and O–H groups in total. The van der Waals surface area contributed by atoms with Gasteiger partial charge in [0.25, 0.3) is 0 Å². The van der Waals surface area contributed by atoms with E-state index in [1.165, 1.54) is 0 Å². The van der Waals surface area contributed by atoms with Crippen molar-refractivity contribution < 1.29 is 9.53 Å². The third kappa shape index (κ3) is 6.28. The largest absolute Gasteiger partial charge is 0.444 e. The van der Waals surface area contributed by atoms with E-state index in [0.29, 0.717) is 6.54 Å². The third-order valence-electron chi connectivity index (χ3n) is 2.55. The minimum Gasteiger partial charge on any atom is -0.444 e. The molecule has 1 rings (SSSR count). The number of carbonyl (C=O) groups excluding carboxylic acids is 1. The van der Waals surface area contributed by atoms with E-state index in [4.69, 9.17) is 4.74 Å². The van der Waals surface area contributed by atoms with Gasteiger partial charge in [-0.3, -0.25) is 0 Å². The average Bonchev–Trinajstić information content (AvgIpc) is 2.29. The van der Waals surface area contributed by atoms with Crippen molar-refractivity contribution in [2.75, 3.05) is 11.9 Å². The van der Waals surface area contributed by atoms with Crippen LogP contribution in [0.1, 0.15) is 33.3 Å². The lowest BCUT2D eigenvalue weighted by Gasteiger charge is -2.22. The number of aryl methyl sites for hydroxylation is 1. The molecular formula is C15H23BrN2O2. The van der Waals surface area contributed by atoms with Gasteiger partial charge in [-0.15, -0.1) is 0 Å². The second kappa shape index (κ2) is 6.97. The highest BCUT2D eigenvalue weighted by Crippen LogP contribution is 2.21. The zero-order valence-electron chi connectivity index (χ0n) is 12.7. The Morgan fingerprint density at radius 3 is 2.65 bits per heavy atom. The summed E-state index contributed by atoms with van der Waals surface area (Å²) in [6.07, 6.45) is -0.392. The number of halogens is 1. The van der Waals surface area contributed by atoms with E-state index in [1.807, 2.05) is 52.8 Å². The van der Waals surface area contributed by atoms with Crippen LogP contribution in [0, 0.1) is 6.92 Å². The summed E-state index contributed by atoms with van der Waals surface area (Å²) in [4.78, 5) is 11.6. The monoisotopic (exact) mass is 342 g/mol.